The zero-order chi connectivity index (χ0) is 12.7. The van der Waals surface area contributed by atoms with Crippen molar-refractivity contribution in [1.82, 2.24) is 9.88 Å². The number of aliphatic carboxylic acids is 1. The third-order valence-corrected chi connectivity index (χ3v) is 3.46. The molecule has 2 heterocycles. The lowest BCUT2D eigenvalue weighted by Crippen LogP contribution is -2.44. The van der Waals surface area contributed by atoms with Crippen LogP contribution in [0.5, 0.6) is 0 Å². The molecule has 3 rings (SSSR count). The molecule has 0 fully saturated rings. The van der Waals surface area contributed by atoms with Gasteiger partial charge in [-0.1, -0.05) is 18.2 Å². The number of nitrogens with zero attached hydrogens (tertiary/aromatic N) is 1. The number of fused-ring (bicyclic) bond motifs is 3. The molecule has 0 radical (unpaired) electrons. The molecule has 0 spiro atoms. The maximum atomic E-state index is 11.2. The van der Waals surface area contributed by atoms with E-state index in [2.05, 4.69) is 4.98 Å². The standard InChI is InChI=1S/C13H12N2O3/c16-7-15-6-11-9(5-12(15)13(17)18)8-3-1-2-4-10(8)14-11/h1-4,7,12,14H,5-6H2,(H,17,18). The Morgan fingerprint density at radius 3 is 2.94 bits per heavy atom. The number of H-pyrrole nitrogens is 1. The Morgan fingerprint density at radius 2 is 2.22 bits per heavy atom. The molecule has 2 N–H and O–H groups in total. The van der Waals surface area contributed by atoms with Crippen molar-refractivity contribution in [3.8, 4) is 0 Å². The van der Waals surface area contributed by atoms with Crippen LogP contribution in [0.1, 0.15) is 11.3 Å². The topological polar surface area (TPSA) is 73.4 Å². The first kappa shape index (κ1) is 10.8. The predicted molar refractivity (Wildman–Crippen MR) is 65.0 cm³/mol. The second-order valence-electron chi connectivity index (χ2n) is 4.46. The fourth-order valence-corrected chi connectivity index (χ4v) is 2.57. The summed E-state index contributed by atoms with van der Waals surface area (Å²) in [7, 11) is 0. The molecule has 1 atom stereocenters. The highest BCUT2D eigenvalue weighted by atomic mass is 16.4. The van der Waals surface area contributed by atoms with E-state index < -0.39 is 12.0 Å². The number of amides is 1. The van der Waals surface area contributed by atoms with Crippen molar-refractivity contribution >= 4 is 23.3 Å². The molecule has 0 saturated heterocycles. The number of nitrogens with one attached hydrogen (secondary N) is 1. The third-order valence-electron chi connectivity index (χ3n) is 3.46. The number of carboxylic acid groups (broad SMARTS) is 1. The second-order valence-corrected chi connectivity index (χ2v) is 4.46. The first-order valence-electron chi connectivity index (χ1n) is 5.73. The number of benzene rings is 1. The van der Waals surface area contributed by atoms with E-state index in [1.165, 1.54) is 4.90 Å². The van der Waals surface area contributed by atoms with Crippen LogP contribution in [0.15, 0.2) is 24.3 Å². The molecule has 1 unspecified atom stereocenters. The number of carboxylic acids is 1. The third kappa shape index (κ3) is 1.48. The Morgan fingerprint density at radius 1 is 1.44 bits per heavy atom. The van der Waals surface area contributed by atoms with Crippen LogP contribution in [0.4, 0.5) is 0 Å². The number of aromatic nitrogens is 1. The van der Waals surface area contributed by atoms with E-state index in [9.17, 15) is 9.59 Å². The van der Waals surface area contributed by atoms with Crippen LogP contribution < -0.4 is 0 Å². The number of carbonyl (C=O) groups excluding carboxylic acids is 1. The van der Waals surface area contributed by atoms with Gasteiger partial charge in [-0.25, -0.2) is 4.79 Å². The first-order valence-corrected chi connectivity index (χ1v) is 5.73. The largest absolute Gasteiger partial charge is 0.480 e. The monoisotopic (exact) mass is 244 g/mol. The van der Waals surface area contributed by atoms with Gasteiger partial charge in [0.25, 0.3) is 0 Å². The van der Waals surface area contributed by atoms with Gasteiger partial charge >= 0.3 is 5.97 Å². The Hall–Kier alpha value is -2.30. The molecule has 92 valence electrons. The van der Waals surface area contributed by atoms with Crippen molar-refractivity contribution in [2.45, 2.75) is 19.0 Å². The minimum Gasteiger partial charge on any atom is -0.480 e. The summed E-state index contributed by atoms with van der Waals surface area (Å²) in [4.78, 5) is 26.7. The Balaban J connectivity index is 2.13. The summed E-state index contributed by atoms with van der Waals surface area (Å²) in [5, 5.41) is 10.2. The molecular formula is C13H12N2O3. The summed E-state index contributed by atoms with van der Waals surface area (Å²) < 4.78 is 0. The summed E-state index contributed by atoms with van der Waals surface area (Å²) in [6, 6.07) is 7.01. The van der Waals surface area contributed by atoms with E-state index in [1.807, 2.05) is 24.3 Å². The molecule has 1 aromatic carbocycles. The molecule has 5 nitrogen and oxygen atoms in total. The summed E-state index contributed by atoms with van der Waals surface area (Å²) in [5.41, 5.74) is 2.93. The van der Waals surface area contributed by atoms with Crippen LogP contribution >= 0.6 is 0 Å². The Labute approximate surface area is 103 Å². The van der Waals surface area contributed by atoms with Gasteiger partial charge in [0.1, 0.15) is 6.04 Å². The van der Waals surface area contributed by atoms with Gasteiger partial charge < -0.3 is 15.0 Å². The maximum absolute atomic E-state index is 11.2. The van der Waals surface area contributed by atoms with Crippen LogP contribution in [-0.4, -0.2) is 33.4 Å². The minimum absolute atomic E-state index is 0.324. The molecule has 1 amide bonds. The van der Waals surface area contributed by atoms with E-state index in [0.717, 1.165) is 22.2 Å². The first-order chi connectivity index (χ1) is 8.70. The van der Waals surface area contributed by atoms with Crippen molar-refractivity contribution < 1.29 is 14.7 Å². The van der Waals surface area contributed by atoms with Crippen molar-refractivity contribution in [3.05, 3.63) is 35.5 Å². The molecule has 1 aliphatic rings. The van der Waals surface area contributed by atoms with Gasteiger partial charge in [0.2, 0.25) is 6.41 Å². The number of para-hydroxylation sites is 1. The van der Waals surface area contributed by atoms with Gasteiger partial charge in [-0.15, -0.1) is 0 Å². The van der Waals surface area contributed by atoms with Crippen molar-refractivity contribution in [3.63, 3.8) is 0 Å². The SMILES string of the molecule is O=CN1Cc2[nH]c3ccccc3c2CC1C(=O)O. The molecule has 0 saturated carbocycles. The quantitative estimate of drug-likeness (QED) is 0.778. The summed E-state index contributed by atoms with van der Waals surface area (Å²) in [5.74, 6) is -0.960. The van der Waals surface area contributed by atoms with E-state index >= 15 is 0 Å². The normalized spacial score (nSPS) is 18.7. The zero-order valence-corrected chi connectivity index (χ0v) is 9.59. The minimum atomic E-state index is -0.960. The average Bonchev–Trinajstić information content (AvgIpc) is 2.74. The van der Waals surface area contributed by atoms with Crippen LogP contribution in [0.3, 0.4) is 0 Å². The summed E-state index contributed by atoms with van der Waals surface area (Å²) in [6.07, 6.45) is 0.959. The zero-order valence-electron chi connectivity index (χ0n) is 9.59. The van der Waals surface area contributed by atoms with Crippen LogP contribution in [0, 0.1) is 0 Å². The van der Waals surface area contributed by atoms with Crippen LogP contribution in [0.25, 0.3) is 10.9 Å². The van der Waals surface area contributed by atoms with E-state index in [-0.39, 0.29) is 0 Å². The fraction of sp³-hybridized carbons (Fsp3) is 0.231. The van der Waals surface area contributed by atoms with E-state index in [0.29, 0.717) is 19.4 Å². The average molecular weight is 244 g/mol. The number of aromatic amines is 1. The lowest BCUT2D eigenvalue weighted by atomic mass is 9.97. The van der Waals surface area contributed by atoms with Crippen molar-refractivity contribution in [1.29, 1.82) is 0 Å². The fourth-order valence-electron chi connectivity index (χ4n) is 2.57. The number of rotatable bonds is 2. The molecule has 2 aromatic rings. The van der Waals surface area contributed by atoms with Crippen LogP contribution in [-0.2, 0) is 22.6 Å². The van der Waals surface area contributed by atoms with Gasteiger partial charge in [0, 0.05) is 23.0 Å². The van der Waals surface area contributed by atoms with Crippen molar-refractivity contribution in [2.24, 2.45) is 0 Å². The molecule has 18 heavy (non-hydrogen) atoms. The second kappa shape index (κ2) is 3.87. The van der Waals surface area contributed by atoms with Gasteiger partial charge in [0.05, 0.1) is 6.54 Å². The van der Waals surface area contributed by atoms with Gasteiger partial charge in [-0.2, -0.15) is 0 Å². The molecule has 1 aromatic heterocycles. The lowest BCUT2D eigenvalue weighted by Gasteiger charge is -2.29. The number of hydrogen-bond donors (Lipinski definition) is 2. The highest BCUT2D eigenvalue weighted by molar-refractivity contribution is 5.87. The maximum Gasteiger partial charge on any atom is 0.326 e. The van der Waals surface area contributed by atoms with Crippen molar-refractivity contribution in [2.75, 3.05) is 0 Å². The smallest absolute Gasteiger partial charge is 0.326 e. The highest BCUT2D eigenvalue weighted by Crippen LogP contribution is 2.29. The van der Waals surface area contributed by atoms with Gasteiger partial charge in [-0.3, -0.25) is 4.79 Å². The predicted octanol–water partition coefficient (Wildman–Crippen LogP) is 1.14. The number of hydrogen-bond acceptors (Lipinski definition) is 2. The number of carbonyl (C=O) groups is 2. The highest BCUT2D eigenvalue weighted by Gasteiger charge is 2.32. The molecule has 1 aliphatic heterocycles. The summed E-state index contributed by atoms with van der Waals surface area (Å²) in [6.45, 7) is 0.324. The molecule has 0 bridgehead atoms. The van der Waals surface area contributed by atoms with Gasteiger partial charge in [0.15, 0.2) is 0 Å². The molecule has 0 aliphatic carbocycles. The lowest BCUT2D eigenvalue weighted by molar-refractivity contribution is -0.147. The summed E-state index contributed by atoms with van der Waals surface area (Å²) >= 11 is 0. The molecule has 5 heteroatoms. The molecular weight excluding hydrogens is 232 g/mol. The van der Waals surface area contributed by atoms with E-state index in [4.69, 9.17) is 5.11 Å². The van der Waals surface area contributed by atoms with E-state index in [1.54, 1.807) is 0 Å². The Kier molecular flexibility index (Phi) is 2.33. The van der Waals surface area contributed by atoms with Crippen LogP contribution in [0.2, 0.25) is 0 Å². The van der Waals surface area contributed by atoms with Gasteiger partial charge in [-0.05, 0) is 11.6 Å². The Bertz CT molecular complexity index is 632.